The van der Waals surface area contributed by atoms with E-state index in [1.165, 1.54) is 0 Å². The molecule has 0 radical (unpaired) electrons. The van der Waals surface area contributed by atoms with Crippen molar-refractivity contribution >= 4 is 27.8 Å². The third kappa shape index (κ3) is 2.34. The number of carbonyl (C=O) groups is 2. The Balaban J connectivity index is 2.60. The van der Waals surface area contributed by atoms with E-state index in [0.29, 0.717) is 11.0 Å². The molecule has 2 N–H and O–H groups in total. The van der Waals surface area contributed by atoms with Crippen LogP contribution in [0.3, 0.4) is 0 Å². The van der Waals surface area contributed by atoms with E-state index < -0.39 is 5.97 Å². The second-order valence-corrected chi connectivity index (χ2v) is 3.44. The number of carboxylic acid groups (broad SMARTS) is 1. The van der Waals surface area contributed by atoms with Crippen molar-refractivity contribution < 1.29 is 14.7 Å². The van der Waals surface area contributed by atoms with Crippen molar-refractivity contribution in [2.24, 2.45) is 5.92 Å². The van der Waals surface area contributed by atoms with E-state index in [1.54, 1.807) is 6.08 Å². The van der Waals surface area contributed by atoms with Crippen LogP contribution in [0.1, 0.15) is 6.42 Å². The predicted octanol–water partition coefficient (Wildman–Crippen LogP) is 0.486. The van der Waals surface area contributed by atoms with Crippen LogP contribution in [0.4, 0.5) is 0 Å². The van der Waals surface area contributed by atoms with E-state index in [4.69, 9.17) is 5.11 Å². The average Bonchev–Trinajstić information content (AvgIpc) is 1.96. The Hall–Kier alpha value is -0.840. The summed E-state index contributed by atoms with van der Waals surface area (Å²) < 4.78 is 0.417. The highest BCUT2D eigenvalue weighted by Gasteiger charge is 2.19. The predicted molar refractivity (Wildman–Crippen MR) is 45.8 cm³/mol. The first-order chi connectivity index (χ1) is 5.59. The Kier molecular flexibility index (Phi) is 2.86. The zero-order valence-corrected chi connectivity index (χ0v) is 7.80. The van der Waals surface area contributed by atoms with Crippen LogP contribution >= 0.6 is 15.9 Å². The highest BCUT2D eigenvalue weighted by atomic mass is 79.9. The number of hydrogen-bond donors (Lipinski definition) is 2. The van der Waals surface area contributed by atoms with Crippen LogP contribution in [0.15, 0.2) is 10.6 Å². The fourth-order valence-electron chi connectivity index (χ4n) is 1.01. The van der Waals surface area contributed by atoms with E-state index in [2.05, 4.69) is 21.2 Å². The maximum Gasteiger partial charge on any atom is 0.304 e. The van der Waals surface area contributed by atoms with Gasteiger partial charge in [-0.1, -0.05) is 6.08 Å². The first-order valence-corrected chi connectivity index (χ1v) is 4.26. The quantitative estimate of drug-likeness (QED) is 0.730. The third-order valence-corrected chi connectivity index (χ3v) is 2.19. The molecule has 4 nitrogen and oxygen atoms in total. The minimum Gasteiger partial charge on any atom is -0.481 e. The molecule has 5 heteroatoms. The van der Waals surface area contributed by atoms with Crippen molar-refractivity contribution in [2.75, 3.05) is 6.54 Å². The summed E-state index contributed by atoms with van der Waals surface area (Å²) >= 11 is 3.04. The highest BCUT2D eigenvalue weighted by molar-refractivity contribution is 9.12. The third-order valence-electron chi connectivity index (χ3n) is 1.56. The molecule has 1 aliphatic rings. The molecule has 1 aliphatic heterocycles. The van der Waals surface area contributed by atoms with Gasteiger partial charge < -0.3 is 10.4 Å². The van der Waals surface area contributed by atoms with E-state index in [1.807, 2.05) is 0 Å². The van der Waals surface area contributed by atoms with Crippen LogP contribution in [0.25, 0.3) is 0 Å². The summed E-state index contributed by atoms with van der Waals surface area (Å²) in [7, 11) is 0. The largest absolute Gasteiger partial charge is 0.481 e. The molecule has 0 saturated heterocycles. The molecule has 1 heterocycles. The van der Waals surface area contributed by atoms with Crippen molar-refractivity contribution in [2.45, 2.75) is 6.42 Å². The summed E-state index contributed by atoms with van der Waals surface area (Å²) in [6.45, 7) is 0.403. The molecule has 0 aromatic heterocycles. The van der Waals surface area contributed by atoms with Crippen molar-refractivity contribution in [3.63, 3.8) is 0 Å². The smallest absolute Gasteiger partial charge is 0.304 e. The van der Waals surface area contributed by atoms with Gasteiger partial charge in [-0.25, -0.2) is 0 Å². The molecule has 0 saturated carbocycles. The minimum atomic E-state index is -0.854. The highest BCUT2D eigenvalue weighted by Crippen LogP contribution is 2.16. The van der Waals surface area contributed by atoms with Gasteiger partial charge in [-0.3, -0.25) is 9.59 Å². The van der Waals surface area contributed by atoms with Gasteiger partial charge in [0.2, 0.25) is 0 Å². The molecular formula is C7H8BrNO3. The van der Waals surface area contributed by atoms with Crippen molar-refractivity contribution in [3.8, 4) is 0 Å². The van der Waals surface area contributed by atoms with Crippen LogP contribution in [0.2, 0.25) is 0 Å². The molecule has 66 valence electrons. The Morgan fingerprint density at radius 1 is 1.83 bits per heavy atom. The lowest BCUT2D eigenvalue weighted by Crippen LogP contribution is -2.33. The van der Waals surface area contributed by atoms with Gasteiger partial charge in [-0.2, -0.15) is 0 Å². The lowest BCUT2D eigenvalue weighted by Gasteiger charge is -2.17. The molecular weight excluding hydrogens is 226 g/mol. The summed E-state index contributed by atoms with van der Waals surface area (Å²) in [5.74, 6) is -1.14. The molecule has 1 rings (SSSR count). The van der Waals surface area contributed by atoms with E-state index in [-0.39, 0.29) is 18.2 Å². The molecule has 1 unspecified atom stereocenters. The van der Waals surface area contributed by atoms with Gasteiger partial charge in [0.1, 0.15) is 0 Å². The van der Waals surface area contributed by atoms with Crippen LogP contribution in [-0.4, -0.2) is 23.5 Å². The number of carbonyl (C=O) groups excluding carboxylic acids is 1. The molecule has 0 fully saturated rings. The van der Waals surface area contributed by atoms with Crippen LogP contribution in [0.5, 0.6) is 0 Å². The van der Waals surface area contributed by atoms with Gasteiger partial charge >= 0.3 is 5.97 Å². The van der Waals surface area contributed by atoms with E-state index in [9.17, 15) is 9.59 Å². The van der Waals surface area contributed by atoms with Gasteiger partial charge in [0.05, 0.1) is 10.9 Å². The maximum absolute atomic E-state index is 10.9. The number of amides is 1. The molecule has 0 aliphatic carbocycles. The van der Waals surface area contributed by atoms with Crippen LogP contribution in [-0.2, 0) is 9.59 Å². The molecule has 0 bridgehead atoms. The number of rotatable bonds is 2. The zero-order chi connectivity index (χ0) is 9.14. The second-order valence-electron chi connectivity index (χ2n) is 2.58. The second kappa shape index (κ2) is 3.71. The van der Waals surface area contributed by atoms with Gasteiger partial charge in [-0.05, 0) is 15.9 Å². The average molecular weight is 234 g/mol. The Morgan fingerprint density at radius 3 is 3.00 bits per heavy atom. The van der Waals surface area contributed by atoms with Crippen molar-refractivity contribution in [3.05, 3.63) is 10.6 Å². The molecule has 1 amide bonds. The van der Waals surface area contributed by atoms with E-state index in [0.717, 1.165) is 0 Å². The summed E-state index contributed by atoms with van der Waals surface area (Å²) in [5.41, 5.74) is 0. The molecule has 1 atom stereocenters. The molecule has 12 heavy (non-hydrogen) atoms. The number of hydrogen-bond acceptors (Lipinski definition) is 2. The number of halogens is 1. The number of carboxylic acids is 1. The van der Waals surface area contributed by atoms with Crippen molar-refractivity contribution in [1.82, 2.24) is 5.32 Å². The number of aliphatic carboxylic acids is 1. The topological polar surface area (TPSA) is 66.4 Å². The Labute approximate surface area is 77.8 Å². The van der Waals surface area contributed by atoms with Crippen LogP contribution in [0, 0.1) is 5.92 Å². The summed E-state index contributed by atoms with van der Waals surface area (Å²) in [5, 5.41) is 11.0. The van der Waals surface area contributed by atoms with Crippen molar-refractivity contribution in [1.29, 1.82) is 0 Å². The minimum absolute atomic E-state index is 0.0510. The molecule has 0 aromatic carbocycles. The van der Waals surface area contributed by atoms with Gasteiger partial charge in [-0.15, -0.1) is 0 Å². The monoisotopic (exact) mass is 233 g/mol. The molecule has 0 aromatic rings. The Bertz CT molecular complexity index is 249. The summed E-state index contributed by atoms with van der Waals surface area (Å²) in [6, 6.07) is 0. The summed E-state index contributed by atoms with van der Waals surface area (Å²) in [4.78, 5) is 21.2. The SMILES string of the molecule is O=C(O)CC1C=C(Br)C(=O)NC1. The van der Waals surface area contributed by atoms with Crippen LogP contribution < -0.4 is 5.32 Å². The lowest BCUT2D eigenvalue weighted by atomic mass is 10.0. The number of nitrogens with one attached hydrogen (secondary N) is 1. The van der Waals surface area contributed by atoms with Gasteiger partial charge in [0.25, 0.3) is 5.91 Å². The maximum atomic E-state index is 10.9. The Morgan fingerprint density at radius 2 is 2.50 bits per heavy atom. The standard InChI is InChI=1S/C7H8BrNO3/c8-5-1-4(2-6(10)11)3-9-7(5)12/h1,4H,2-3H2,(H,9,12)(H,10,11). The first-order valence-electron chi connectivity index (χ1n) is 3.47. The summed E-state index contributed by atoms with van der Waals surface area (Å²) in [6.07, 6.45) is 1.68. The fraction of sp³-hybridized carbons (Fsp3) is 0.429. The normalized spacial score (nSPS) is 22.9. The van der Waals surface area contributed by atoms with Gasteiger partial charge in [0.15, 0.2) is 0 Å². The van der Waals surface area contributed by atoms with Gasteiger partial charge in [0, 0.05) is 12.5 Å². The first kappa shape index (κ1) is 9.25. The van der Waals surface area contributed by atoms with E-state index >= 15 is 0 Å². The lowest BCUT2D eigenvalue weighted by molar-refractivity contribution is -0.138. The zero-order valence-electron chi connectivity index (χ0n) is 6.21. The fourth-order valence-corrected chi connectivity index (χ4v) is 1.52. The molecule has 0 spiro atoms.